The number of sulfonamides is 1. The van der Waals surface area contributed by atoms with E-state index in [-0.39, 0.29) is 0 Å². The van der Waals surface area contributed by atoms with Crippen LogP contribution in [0.4, 0.5) is 0 Å². The Bertz CT molecular complexity index is 905. The number of nitrogens with one attached hydrogen (secondary N) is 2. The number of likely N-dealkylation sites (N-methyl/N-ethyl adjacent to an activating group) is 1. The normalized spacial score (nSPS) is 16.7. The molecule has 1 aliphatic rings. The average molecular weight is 436 g/mol. The summed E-state index contributed by atoms with van der Waals surface area (Å²) in [5.74, 6) is 0.672. The van der Waals surface area contributed by atoms with Crippen molar-refractivity contribution in [2.24, 2.45) is 4.99 Å². The van der Waals surface area contributed by atoms with Crippen molar-refractivity contribution in [2.75, 3.05) is 39.8 Å². The molecule has 3 rings (SSSR count). The Morgan fingerprint density at radius 1 is 1.14 bits per heavy atom. The van der Waals surface area contributed by atoms with Gasteiger partial charge in [0.05, 0.1) is 11.4 Å². The monoisotopic (exact) mass is 435 g/mol. The van der Waals surface area contributed by atoms with Gasteiger partial charge in [-0.05, 0) is 48.0 Å². The molecule has 9 heteroatoms. The summed E-state index contributed by atoms with van der Waals surface area (Å²) in [6.45, 7) is 6.25. The van der Waals surface area contributed by atoms with Crippen LogP contribution in [0.25, 0.3) is 0 Å². The van der Waals surface area contributed by atoms with Gasteiger partial charge in [0.25, 0.3) is 0 Å². The molecule has 0 unspecified atom stereocenters. The molecule has 2 heterocycles. The van der Waals surface area contributed by atoms with Crippen LogP contribution in [0.15, 0.2) is 51.0 Å². The van der Waals surface area contributed by atoms with Gasteiger partial charge >= 0.3 is 0 Å². The van der Waals surface area contributed by atoms with Gasteiger partial charge in [0.1, 0.15) is 0 Å². The van der Waals surface area contributed by atoms with Crippen molar-refractivity contribution in [2.45, 2.75) is 24.9 Å². The van der Waals surface area contributed by atoms with E-state index in [1.807, 2.05) is 31.5 Å². The molecule has 7 nitrogen and oxygen atoms in total. The van der Waals surface area contributed by atoms with E-state index in [1.165, 1.54) is 0 Å². The van der Waals surface area contributed by atoms with Crippen LogP contribution in [0.3, 0.4) is 0 Å². The molecular formula is C20H29N5O2S2. The van der Waals surface area contributed by atoms with E-state index >= 15 is 0 Å². The lowest BCUT2D eigenvalue weighted by atomic mass is 10.2. The fourth-order valence-electron chi connectivity index (χ4n) is 3.14. The zero-order chi connectivity index (χ0) is 20.7. The standard InChI is InChI=1S/C20H29N5O2S2/c1-3-21-20(22-14-17-8-13-28-16-17)23-15-18-6-4-5-7-19(18)29(26,27)25-11-9-24(2)10-12-25/h4-8,13,16H,3,9-12,14-15H2,1-2H3,(H2,21,22,23). The third-order valence-electron chi connectivity index (χ3n) is 4.84. The van der Waals surface area contributed by atoms with E-state index in [0.717, 1.165) is 30.8 Å². The van der Waals surface area contributed by atoms with Gasteiger partial charge in [-0.25, -0.2) is 13.4 Å². The van der Waals surface area contributed by atoms with Crippen molar-refractivity contribution >= 4 is 27.3 Å². The number of nitrogens with zero attached hydrogens (tertiary/aromatic N) is 3. The topological polar surface area (TPSA) is 77.0 Å². The first-order valence-corrected chi connectivity index (χ1v) is 12.2. The van der Waals surface area contributed by atoms with E-state index in [4.69, 9.17) is 0 Å². The highest BCUT2D eigenvalue weighted by atomic mass is 32.2. The van der Waals surface area contributed by atoms with Gasteiger partial charge in [0.15, 0.2) is 5.96 Å². The van der Waals surface area contributed by atoms with Crippen molar-refractivity contribution < 1.29 is 8.42 Å². The second-order valence-corrected chi connectivity index (χ2v) is 9.68. The molecule has 0 saturated carbocycles. The molecule has 1 aromatic carbocycles. The molecule has 0 atom stereocenters. The molecule has 0 spiro atoms. The second kappa shape index (κ2) is 10.2. The second-order valence-electron chi connectivity index (χ2n) is 7.00. The van der Waals surface area contributed by atoms with Crippen LogP contribution in [0, 0.1) is 0 Å². The summed E-state index contributed by atoms with van der Waals surface area (Å²) in [6.07, 6.45) is 0. The first-order chi connectivity index (χ1) is 14.0. The largest absolute Gasteiger partial charge is 0.357 e. The van der Waals surface area contributed by atoms with Crippen molar-refractivity contribution in [1.29, 1.82) is 0 Å². The zero-order valence-corrected chi connectivity index (χ0v) is 18.6. The molecule has 2 aromatic rings. The van der Waals surface area contributed by atoms with Gasteiger partial charge in [-0.2, -0.15) is 15.6 Å². The molecule has 1 aromatic heterocycles. The molecule has 0 aliphatic carbocycles. The Hall–Kier alpha value is -1.94. The Balaban J connectivity index is 1.73. The van der Waals surface area contributed by atoms with E-state index in [2.05, 4.69) is 32.0 Å². The SMILES string of the molecule is CCNC(=NCc1ccsc1)NCc1ccccc1S(=O)(=O)N1CCN(C)CC1. The molecule has 0 bridgehead atoms. The van der Waals surface area contributed by atoms with Crippen molar-refractivity contribution in [3.8, 4) is 0 Å². The molecule has 1 aliphatic heterocycles. The van der Waals surface area contributed by atoms with E-state index in [9.17, 15) is 8.42 Å². The minimum Gasteiger partial charge on any atom is -0.357 e. The van der Waals surface area contributed by atoms with Gasteiger partial charge < -0.3 is 15.5 Å². The molecule has 1 saturated heterocycles. The number of aliphatic imine (C=N–C) groups is 1. The number of guanidine groups is 1. The Morgan fingerprint density at radius 2 is 1.90 bits per heavy atom. The lowest BCUT2D eigenvalue weighted by Gasteiger charge is -2.32. The number of piperazine rings is 1. The highest BCUT2D eigenvalue weighted by Crippen LogP contribution is 2.21. The lowest BCUT2D eigenvalue weighted by Crippen LogP contribution is -2.47. The van der Waals surface area contributed by atoms with E-state index in [1.54, 1.807) is 27.8 Å². The van der Waals surface area contributed by atoms with Crippen LogP contribution in [0.1, 0.15) is 18.1 Å². The minimum atomic E-state index is -3.52. The third kappa shape index (κ3) is 5.79. The third-order valence-corrected chi connectivity index (χ3v) is 7.57. The van der Waals surface area contributed by atoms with Crippen LogP contribution in [-0.2, 0) is 23.1 Å². The van der Waals surface area contributed by atoms with Crippen molar-refractivity contribution in [1.82, 2.24) is 19.8 Å². The van der Waals surface area contributed by atoms with Crippen LogP contribution >= 0.6 is 11.3 Å². The van der Waals surface area contributed by atoms with E-state index in [0.29, 0.717) is 37.0 Å². The maximum absolute atomic E-state index is 13.2. The van der Waals surface area contributed by atoms with Gasteiger partial charge in [-0.15, -0.1) is 0 Å². The smallest absolute Gasteiger partial charge is 0.243 e. The van der Waals surface area contributed by atoms with Gasteiger partial charge in [0.2, 0.25) is 10.0 Å². The summed E-state index contributed by atoms with van der Waals surface area (Å²) in [4.78, 5) is 7.11. The summed E-state index contributed by atoms with van der Waals surface area (Å²) >= 11 is 1.65. The fraction of sp³-hybridized carbons (Fsp3) is 0.450. The Labute approximate surface area is 177 Å². The molecule has 0 amide bonds. The minimum absolute atomic E-state index is 0.366. The summed E-state index contributed by atoms with van der Waals surface area (Å²) in [5, 5.41) is 10.6. The summed E-state index contributed by atoms with van der Waals surface area (Å²) in [6, 6.07) is 9.26. The Morgan fingerprint density at radius 3 is 2.59 bits per heavy atom. The van der Waals surface area contributed by atoms with Gasteiger partial charge in [0, 0.05) is 39.3 Å². The lowest BCUT2D eigenvalue weighted by molar-refractivity contribution is 0.222. The number of thiophene rings is 1. The maximum Gasteiger partial charge on any atom is 0.243 e. The van der Waals surface area contributed by atoms with Crippen molar-refractivity contribution in [3.05, 3.63) is 52.2 Å². The van der Waals surface area contributed by atoms with Crippen LogP contribution in [0.2, 0.25) is 0 Å². The molecule has 1 fully saturated rings. The van der Waals surface area contributed by atoms with Crippen LogP contribution < -0.4 is 10.6 Å². The molecule has 158 valence electrons. The maximum atomic E-state index is 13.2. The fourth-order valence-corrected chi connectivity index (χ4v) is 5.45. The quantitative estimate of drug-likeness (QED) is 0.513. The van der Waals surface area contributed by atoms with Crippen molar-refractivity contribution in [3.63, 3.8) is 0 Å². The predicted molar refractivity (Wildman–Crippen MR) is 119 cm³/mol. The van der Waals surface area contributed by atoms with Gasteiger partial charge in [-0.3, -0.25) is 0 Å². The molecule has 0 radical (unpaired) electrons. The Kier molecular flexibility index (Phi) is 7.65. The molecular weight excluding hydrogens is 406 g/mol. The summed E-state index contributed by atoms with van der Waals surface area (Å²) < 4.78 is 28.0. The number of benzene rings is 1. The zero-order valence-electron chi connectivity index (χ0n) is 17.0. The highest BCUT2D eigenvalue weighted by molar-refractivity contribution is 7.89. The average Bonchev–Trinajstić information content (AvgIpc) is 3.24. The number of rotatable bonds is 7. The van der Waals surface area contributed by atoms with E-state index < -0.39 is 10.0 Å². The first kappa shape index (κ1) is 21.8. The van der Waals surface area contributed by atoms with Gasteiger partial charge in [-0.1, -0.05) is 18.2 Å². The summed E-state index contributed by atoms with van der Waals surface area (Å²) in [7, 11) is -1.50. The van der Waals surface area contributed by atoms with Crippen LogP contribution in [-0.4, -0.2) is 63.4 Å². The first-order valence-electron chi connectivity index (χ1n) is 9.80. The number of hydrogen-bond donors (Lipinski definition) is 2. The molecule has 29 heavy (non-hydrogen) atoms. The predicted octanol–water partition coefficient (Wildman–Crippen LogP) is 1.94. The number of hydrogen-bond acceptors (Lipinski definition) is 5. The van der Waals surface area contributed by atoms with Crippen LogP contribution in [0.5, 0.6) is 0 Å². The summed E-state index contributed by atoms with van der Waals surface area (Å²) in [5.41, 5.74) is 1.90. The highest BCUT2D eigenvalue weighted by Gasteiger charge is 2.29. The molecule has 2 N–H and O–H groups in total.